The molecule has 0 saturated carbocycles. The van der Waals surface area contributed by atoms with Crippen LogP contribution < -0.4 is 5.32 Å². The number of rotatable bonds is 4. The van der Waals surface area contributed by atoms with Crippen LogP contribution in [0.3, 0.4) is 0 Å². The van der Waals surface area contributed by atoms with Crippen LogP contribution in [0.5, 0.6) is 0 Å². The predicted octanol–water partition coefficient (Wildman–Crippen LogP) is 1.33. The summed E-state index contributed by atoms with van der Waals surface area (Å²) < 4.78 is 0. The van der Waals surface area contributed by atoms with Crippen LogP contribution >= 0.6 is 0 Å². The maximum absolute atomic E-state index is 4.33. The van der Waals surface area contributed by atoms with E-state index in [0.29, 0.717) is 0 Å². The van der Waals surface area contributed by atoms with Crippen molar-refractivity contribution in [1.29, 1.82) is 0 Å². The van der Waals surface area contributed by atoms with Crippen molar-refractivity contribution in [3.05, 3.63) is 0 Å². The fraction of sp³-hybridized carbons (Fsp3) is 0.889. The van der Waals surface area contributed by atoms with Crippen molar-refractivity contribution in [2.75, 3.05) is 26.2 Å². The molecule has 0 unspecified atom stereocenters. The van der Waals surface area contributed by atoms with Crippen LogP contribution in [0.2, 0.25) is 0 Å². The first-order valence-corrected chi connectivity index (χ1v) is 4.76. The molecule has 0 aliphatic rings. The summed E-state index contributed by atoms with van der Waals surface area (Å²) in [7, 11) is 0. The zero-order valence-corrected chi connectivity index (χ0v) is 8.67. The highest BCUT2D eigenvalue weighted by molar-refractivity contribution is 5.79. The van der Waals surface area contributed by atoms with Gasteiger partial charge in [0.25, 0.3) is 0 Å². The molecule has 3 nitrogen and oxygen atoms in total. The molecule has 0 amide bonds. The maximum atomic E-state index is 4.33. The highest BCUT2D eigenvalue weighted by Gasteiger charge is 2.05. The third-order valence-electron chi connectivity index (χ3n) is 1.65. The summed E-state index contributed by atoms with van der Waals surface area (Å²) in [5, 5.41) is 4.33. The second-order valence-corrected chi connectivity index (χ2v) is 2.42. The average molecular weight is 170 g/mol. The van der Waals surface area contributed by atoms with Crippen molar-refractivity contribution >= 4 is 5.96 Å². The Morgan fingerprint density at radius 2 is 1.58 bits per heavy atom. The third-order valence-corrected chi connectivity index (χ3v) is 1.65. The second kappa shape index (κ2) is 6.95. The standard InChI is InChI=1S/C9H20N3/c1-5-10-9(11-6-2)12(7-3)8-4/h5-8H2,1-4H3. The molecule has 3 heteroatoms. The lowest BCUT2D eigenvalue weighted by Gasteiger charge is -2.21. The van der Waals surface area contributed by atoms with E-state index in [1.807, 2.05) is 13.8 Å². The first-order chi connectivity index (χ1) is 5.79. The molecule has 0 rings (SSSR count). The molecule has 0 N–H and O–H groups in total. The van der Waals surface area contributed by atoms with Crippen LogP contribution in [0, 0.1) is 0 Å². The van der Waals surface area contributed by atoms with Gasteiger partial charge in [-0.3, -0.25) is 10.3 Å². The smallest absolute Gasteiger partial charge is 0.215 e. The monoisotopic (exact) mass is 170 g/mol. The zero-order valence-electron chi connectivity index (χ0n) is 8.67. The van der Waals surface area contributed by atoms with Gasteiger partial charge in [0.05, 0.1) is 0 Å². The molecule has 0 spiro atoms. The van der Waals surface area contributed by atoms with Gasteiger partial charge in [-0.05, 0) is 27.7 Å². The number of hydrogen-bond acceptors (Lipinski definition) is 1. The van der Waals surface area contributed by atoms with Crippen LogP contribution in [-0.2, 0) is 0 Å². The fourth-order valence-corrected chi connectivity index (χ4v) is 1.04. The maximum Gasteiger partial charge on any atom is 0.215 e. The molecule has 12 heavy (non-hydrogen) atoms. The fourth-order valence-electron chi connectivity index (χ4n) is 1.04. The van der Waals surface area contributed by atoms with Crippen LogP contribution in [0.1, 0.15) is 27.7 Å². The summed E-state index contributed by atoms with van der Waals surface area (Å²) in [5.41, 5.74) is 0. The minimum Gasteiger partial charge on any atom is -0.342 e. The molecular formula is C9H20N3. The van der Waals surface area contributed by atoms with E-state index in [0.717, 1.165) is 32.1 Å². The highest BCUT2D eigenvalue weighted by atomic mass is 15.3. The van der Waals surface area contributed by atoms with Gasteiger partial charge in [0, 0.05) is 26.2 Å². The summed E-state index contributed by atoms with van der Waals surface area (Å²) in [6, 6.07) is 0. The molecule has 71 valence electrons. The normalized spacial score (nSPS) is 11.5. The third kappa shape index (κ3) is 3.60. The Labute approximate surface area is 75.9 Å². The number of nitrogens with zero attached hydrogens (tertiary/aromatic N) is 3. The molecule has 0 atom stereocenters. The first kappa shape index (κ1) is 11.3. The first-order valence-electron chi connectivity index (χ1n) is 4.76. The Balaban J connectivity index is 4.15. The van der Waals surface area contributed by atoms with Crippen molar-refractivity contribution in [3.63, 3.8) is 0 Å². The molecule has 0 bridgehead atoms. The van der Waals surface area contributed by atoms with Crippen molar-refractivity contribution in [1.82, 2.24) is 10.2 Å². The molecule has 1 radical (unpaired) electrons. The van der Waals surface area contributed by atoms with Gasteiger partial charge in [-0.2, -0.15) is 0 Å². The second-order valence-electron chi connectivity index (χ2n) is 2.42. The summed E-state index contributed by atoms with van der Waals surface area (Å²) in [5.74, 6) is 0.907. The van der Waals surface area contributed by atoms with Crippen molar-refractivity contribution in [2.24, 2.45) is 4.99 Å². The summed E-state index contributed by atoms with van der Waals surface area (Å²) in [6.45, 7) is 11.9. The minimum atomic E-state index is 0.815. The van der Waals surface area contributed by atoms with Gasteiger partial charge in [0.15, 0.2) is 0 Å². The van der Waals surface area contributed by atoms with Gasteiger partial charge >= 0.3 is 0 Å². The summed E-state index contributed by atoms with van der Waals surface area (Å²) >= 11 is 0. The lowest BCUT2D eigenvalue weighted by atomic mass is 10.5. The Morgan fingerprint density at radius 1 is 1.00 bits per heavy atom. The van der Waals surface area contributed by atoms with Gasteiger partial charge in [0.1, 0.15) is 0 Å². The lowest BCUT2D eigenvalue weighted by Crippen LogP contribution is -2.37. The number of hydrogen-bond donors (Lipinski definition) is 0. The summed E-state index contributed by atoms with van der Waals surface area (Å²) in [6.07, 6.45) is 0. The van der Waals surface area contributed by atoms with E-state index in [1.165, 1.54) is 0 Å². The van der Waals surface area contributed by atoms with Gasteiger partial charge in [-0.25, -0.2) is 0 Å². The zero-order chi connectivity index (χ0) is 9.40. The molecule has 0 fully saturated rings. The van der Waals surface area contributed by atoms with Crippen molar-refractivity contribution < 1.29 is 0 Å². The SMILES string of the molecule is CC[N]C(=NCC)N(CC)CC. The molecule has 0 aromatic carbocycles. The van der Waals surface area contributed by atoms with Gasteiger partial charge < -0.3 is 4.90 Å². The quantitative estimate of drug-likeness (QED) is 0.462. The van der Waals surface area contributed by atoms with Gasteiger partial charge in [-0.15, -0.1) is 0 Å². The predicted molar refractivity (Wildman–Crippen MR) is 53.6 cm³/mol. The van der Waals surface area contributed by atoms with E-state index in [1.54, 1.807) is 0 Å². The average Bonchev–Trinajstić information content (AvgIpc) is 2.07. The Bertz CT molecular complexity index is 128. The van der Waals surface area contributed by atoms with Gasteiger partial charge in [0.2, 0.25) is 5.96 Å². The van der Waals surface area contributed by atoms with Crippen LogP contribution in [0.15, 0.2) is 4.99 Å². The van der Waals surface area contributed by atoms with Crippen LogP contribution in [0.25, 0.3) is 0 Å². The Morgan fingerprint density at radius 3 is 1.92 bits per heavy atom. The lowest BCUT2D eigenvalue weighted by molar-refractivity contribution is 0.444. The topological polar surface area (TPSA) is 29.7 Å². The van der Waals surface area contributed by atoms with E-state index in [4.69, 9.17) is 0 Å². The van der Waals surface area contributed by atoms with Crippen LogP contribution in [0.4, 0.5) is 0 Å². The van der Waals surface area contributed by atoms with E-state index >= 15 is 0 Å². The van der Waals surface area contributed by atoms with Crippen LogP contribution in [-0.4, -0.2) is 37.0 Å². The van der Waals surface area contributed by atoms with E-state index in [9.17, 15) is 0 Å². The molecule has 0 aliphatic heterocycles. The van der Waals surface area contributed by atoms with Gasteiger partial charge in [-0.1, -0.05) is 0 Å². The Hall–Kier alpha value is -0.730. The molecule has 0 aromatic heterocycles. The molecule has 0 aliphatic carbocycles. The molecular weight excluding hydrogens is 150 g/mol. The largest absolute Gasteiger partial charge is 0.342 e. The van der Waals surface area contributed by atoms with E-state index in [2.05, 4.69) is 29.1 Å². The summed E-state index contributed by atoms with van der Waals surface area (Å²) in [4.78, 5) is 6.51. The van der Waals surface area contributed by atoms with E-state index < -0.39 is 0 Å². The van der Waals surface area contributed by atoms with Crippen molar-refractivity contribution in [2.45, 2.75) is 27.7 Å². The number of aliphatic imine (C=N–C) groups is 1. The number of guanidine groups is 1. The van der Waals surface area contributed by atoms with Crippen molar-refractivity contribution in [3.8, 4) is 0 Å². The Kier molecular flexibility index (Phi) is 6.53. The minimum absolute atomic E-state index is 0.815. The van der Waals surface area contributed by atoms with E-state index in [-0.39, 0.29) is 0 Å². The highest BCUT2D eigenvalue weighted by Crippen LogP contribution is 1.90. The molecule has 0 heterocycles. The molecule has 0 aromatic rings. The molecule has 0 saturated heterocycles.